The van der Waals surface area contributed by atoms with Gasteiger partial charge < -0.3 is 13.7 Å². The molecule has 8 aromatic carbocycles. The summed E-state index contributed by atoms with van der Waals surface area (Å²) in [7, 11) is 0. The molecule has 0 aliphatic heterocycles. The number of fused-ring (bicyclic) bond motifs is 6. The summed E-state index contributed by atoms with van der Waals surface area (Å²) in [5.74, 6) is 3.32. The summed E-state index contributed by atoms with van der Waals surface area (Å²) < 4.78 is 14.9. The Labute approximate surface area is 327 Å². The second-order valence-corrected chi connectivity index (χ2v) is 14.1. The van der Waals surface area contributed by atoms with Gasteiger partial charge in [-0.3, -0.25) is 0 Å². The van der Waals surface area contributed by atoms with E-state index in [1.807, 2.05) is 109 Å². The average molecular weight is 733 g/mol. The van der Waals surface area contributed by atoms with Gasteiger partial charge in [0.2, 0.25) is 0 Å². The van der Waals surface area contributed by atoms with Crippen molar-refractivity contribution in [2.75, 3.05) is 0 Å². The molecule has 0 aliphatic carbocycles. The first-order valence-electron chi connectivity index (χ1n) is 18.9. The molecule has 0 amide bonds. The summed E-state index contributed by atoms with van der Waals surface area (Å²) in [5, 5.41) is 4.66. The van der Waals surface area contributed by atoms with Gasteiger partial charge >= 0.3 is 0 Å². The number of para-hydroxylation sites is 2. The van der Waals surface area contributed by atoms with Crippen molar-refractivity contribution in [3.05, 3.63) is 194 Å². The maximum Gasteiger partial charge on any atom is 0.164 e. The first kappa shape index (κ1) is 32.6. The zero-order valence-electron chi connectivity index (χ0n) is 30.6. The first-order chi connectivity index (χ1) is 28.2. The fraction of sp³-hybridized carbons (Fsp3) is 0. The molecule has 11 rings (SSSR count). The number of hydrogen-bond donors (Lipinski definition) is 0. The Morgan fingerprint density at radius 1 is 0.351 bits per heavy atom. The van der Waals surface area contributed by atoms with Crippen LogP contribution in [0, 0.1) is 0 Å². The molecule has 0 saturated carbocycles. The maximum absolute atomic E-state index is 6.35. The summed E-state index contributed by atoms with van der Waals surface area (Å²) in [6.45, 7) is 0. The van der Waals surface area contributed by atoms with E-state index in [1.165, 1.54) is 10.8 Å². The van der Waals surface area contributed by atoms with Gasteiger partial charge in [0.05, 0.1) is 11.0 Å². The number of nitrogens with zero attached hydrogens (tertiary/aromatic N) is 4. The highest BCUT2D eigenvalue weighted by Crippen LogP contribution is 2.38. The summed E-state index contributed by atoms with van der Waals surface area (Å²) >= 11 is 0. The van der Waals surface area contributed by atoms with Gasteiger partial charge in [-0.05, 0) is 96.1 Å². The second-order valence-electron chi connectivity index (χ2n) is 14.1. The highest BCUT2D eigenvalue weighted by atomic mass is 16.5. The highest BCUT2D eigenvalue weighted by Gasteiger charge is 2.16. The zero-order chi connectivity index (χ0) is 37.7. The van der Waals surface area contributed by atoms with Crippen LogP contribution in [0.25, 0.3) is 94.7 Å². The third kappa shape index (κ3) is 5.88. The molecule has 0 atom stereocenters. The molecule has 0 aliphatic rings. The van der Waals surface area contributed by atoms with Gasteiger partial charge in [0, 0.05) is 43.9 Å². The van der Waals surface area contributed by atoms with E-state index in [4.69, 9.17) is 24.1 Å². The predicted octanol–water partition coefficient (Wildman–Crippen LogP) is 13.3. The average Bonchev–Trinajstić information content (AvgIpc) is 3.82. The standard InChI is InChI=1S/C51H32N4O2/c1-3-11-33(12-4-1)49-52-50(34-13-5-2-6-14-34)54-51(53-49)35-19-25-39(26-20-35)56-40-27-23-38(24-28-40)55-45-17-9-7-15-41(45)44-31-36(22-30-46(44)55)37-21-29-43-42-16-8-10-18-47(42)57-48(43)32-37/h1-32H. The molecule has 0 N–H and O–H groups in total. The van der Waals surface area contributed by atoms with Gasteiger partial charge in [0.1, 0.15) is 22.7 Å². The fourth-order valence-corrected chi connectivity index (χ4v) is 7.75. The molecular formula is C51H32N4O2. The summed E-state index contributed by atoms with van der Waals surface area (Å²) in [6, 6.07) is 66.1. The SMILES string of the molecule is c1ccc(-c2nc(-c3ccccc3)nc(-c3ccc(Oc4ccc(-n5c6ccccc6c6cc(-c7ccc8c(c7)oc7ccccc78)ccc65)cc4)cc3)n2)cc1. The Bertz CT molecular complexity index is 3190. The van der Waals surface area contributed by atoms with Gasteiger partial charge in [-0.15, -0.1) is 0 Å². The van der Waals surface area contributed by atoms with Crippen LogP contribution >= 0.6 is 0 Å². The maximum atomic E-state index is 6.35. The van der Waals surface area contributed by atoms with E-state index in [2.05, 4.69) is 89.5 Å². The summed E-state index contributed by atoms with van der Waals surface area (Å²) in [6.07, 6.45) is 0. The summed E-state index contributed by atoms with van der Waals surface area (Å²) in [5.41, 5.74) is 10.1. The van der Waals surface area contributed by atoms with Crippen LogP contribution in [0.5, 0.6) is 11.5 Å². The van der Waals surface area contributed by atoms with Crippen LogP contribution < -0.4 is 4.74 Å². The molecule has 57 heavy (non-hydrogen) atoms. The Balaban J connectivity index is 0.883. The monoisotopic (exact) mass is 732 g/mol. The number of aromatic nitrogens is 4. The lowest BCUT2D eigenvalue weighted by Crippen LogP contribution is -2.00. The van der Waals surface area contributed by atoms with Crippen molar-refractivity contribution in [1.82, 2.24) is 19.5 Å². The molecule has 268 valence electrons. The van der Waals surface area contributed by atoms with Gasteiger partial charge in [0.25, 0.3) is 0 Å². The molecule has 6 nitrogen and oxygen atoms in total. The van der Waals surface area contributed by atoms with E-state index in [9.17, 15) is 0 Å². The third-order valence-corrected chi connectivity index (χ3v) is 10.5. The lowest BCUT2D eigenvalue weighted by atomic mass is 10.0. The van der Waals surface area contributed by atoms with Crippen LogP contribution in [0.15, 0.2) is 199 Å². The Hall–Kier alpha value is -7.83. The molecule has 3 aromatic heterocycles. The van der Waals surface area contributed by atoms with Crippen LogP contribution in [0.4, 0.5) is 0 Å². The van der Waals surface area contributed by atoms with Crippen LogP contribution in [0.1, 0.15) is 0 Å². The van der Waals surface area contributed by atoms with Crippen molar-refractivity contribution in [3.8, 4) is 62.5 Å². The number of benzene rings is 8. The molecule has 3 heterocycles. The normalized spacial score (nSPS) is 11.5. The molecule has 0 saturated heterocycles. The molecule has 0 radical (unpaired) electrons. The summed E-state index contributed by atoms with van der Waals surface area (Å²) in [4.78, 5) is 14.5. The Morgan fingerprint density at radius 3 is 1.53 bits per heavy atom. The van der Waals surface area contributed by atoms with Crippen LogP contribution in [0.2, 0.25) is 0 Å². The van der Waals surface area contributed by atoms with Crippen molar-refractivity contribution in [3.63, 3.8) is 0 Å². The molecule has 0 bridgehead atoms. The Kier molecular flexibility index (Phi) is 7.71. The molecule has 11 aromatic rings. The first-order valence-corrected chi connectivity index (χ1v) is 18.9. The van der Waals surface area contributed by atoms with E-state index in [0.717, 1.165) is 78.0 Å². The van der Waals surface area contributed by atoms with E-state index in [-0.39, 0.29) is 0 Å². The van der Waals surface area contributed by atoms with E-state index >= 15 is 0 Å². The zero-order valence-corrected chi connectivity index (χ0v) is 30.6. The number of ether oxygens (including phenoxy) is 1. The van der Waals surface area contributed by atoms with E-state index in [1.54, 1.807) is 0 Å². The molecule has 6 heteroatoms. The third-order valence-electron chi connectivity index (χ3n) is 10.5. The largest absolute Gasteiger partial charge is 0.457 e. The van der Waals surface area contributed by atoms with Crippen molar-refractivity contribution in [2.45, 2.75) is 0 Å². The van der Waals surface area contributed by atoms with Gasteiger partial charge in [-0.2, -0.15) is 0 Å². The predicted molar refractivity (Wildman–Crippen MR) is 230 cm³/mol. The van der Waals surface area contributed by atoms with Crippen molar-refractivity contribution < 1.29 is 9.15 Å². The van der Waals surface area contributed by atoms with Crippen molar-refractivity contribution in [2.24, 2.45) is 0 Å². The lowest BCUT2D eigenvalue weighted by Gasteiger charge is -2.11. The smallest absolute Gasteiger partial charge is 0.164 e. The van der Waals surface area contributed by atoms with Crippen molar-refractivity contribution >= 4 is 43.7 Å². The minimum Gasteiger partial charge on any atom is -0.457 e. The highest BCUT2D eigenvalue weighted by molar-refractivity contribution is 6.11. The van der Waals surface area contributed by atoms with Gasteiger partial charge in [-0.25, -0.2) is 15.0 Å². The van der Waals surface area contributed by atoms with Crippen LogP contribution in [-0.4, -0.2) is 19.5 Å². The second kappa shape index (κ2) is 13.5. The van der Waals surface area contributed by atoms with Crippen LogP contribution in [-0.2, 0) is 0 Å². The van der Waals surface area contributed by atoms with E-state index in [0.29, 0.717) is 17.5 Å². The quantitative estimate of drug-likeness (QED) is 0.163. The topological polar surface area (TPSA) is 66.0 Å². The molecule has 0 fully saturated rings. The minimum atomic E-state index is 0.601. The number of rotatable bonds is 7. The van der Waals surface area contributed by atoms with Gasteiger partial charge in [0.15, 0.2) is 17.5 Å². The number of hydrogen-bond acceptors (Lipinski definition) is 5. The number of furan rings is 1. The van der Waals surface area contributed by atoms with E-state index < -0.39 is 0 Å². The minimum absolute atomic E-state index is 0.601. The lowest BCUT2D eigenvalue weighted by molar-refractivity contribution is 0.482. The fourth-order valence-electron chi connectivity index (χ4n) is 7.75. The van der Waals surface area contributed by atoms with Gasteiger partial charge in [-0.1, -0.05) is 109 Å². The Morgan fingerprint density at radius 2 is 0.842 bits per heavy atom. The molecular weight excluding hydrogens is 701 g/mol. The molecule has 0 spiro atoms. The van der Waals surface area contributed by atoms with Crippen molar-refractivity contribution in [1.29, 1.82) is 0 Å². The van der Waals surface area contributed by atoms with Crippen LogP contribution in [0.3, 0.4) is 0 Å². The molecule has 0 unspecified atom stereocenters.